The van der Waals surface area contributed by atoms with Crippen molar-refractivity contribution in [2.45, 2.75) is 5.16 Å². The summed E-state index contributed by atoms with van der Waals surface area (Å²) in [5.41, 5.74) is 2.35. The maximum atomic E-state index is 13.3. The van der Waals surface area contributed by atoms with Crippen LogP contribution in [-0.2, 0) is 7.05 Å². The topological polar surface area (TPSA) is 90.5 Å². The van der Waals surface area contributed by atoms with Gasteiger partial charge in [-0.2, -0.15) is 0 Å². The van der Waals surface area contributed by atoms with Gasteiger partial charge in [0.2, 0.25) is 0 Å². The molecule has 4 rings (SSSR count). The molecule has 146 valence electrons. The molecular formula is C19H16FN7OS. The van der Waals surface area contributed by atoms with Crippen molar-refractivity contribution in [3.63, 3.8) is 0 Å². The molecule has 0 aliphatic rings. The van der Waals surface area contributed by atoms with Gasteiger partial charge in [-0.3, -0.25) is 9.36 Å². The number of nitrogens with one attached hydrogen (secondary N) is 1. The predicted octanol–water partition coefficient (Wildman–Crippen LogP) is 3.18. The van der Waals surface area contributed by atoms with Crippen LogP contribution in [0.4, 0.5) is 10.1 Å². The van der Waals surface area contributed by atoms with Crippen LogP contribution in [0.15, 0.2) is 59.9 Å². The number of aromatic nitrogens is 6. The minimum Gasteiger partial charge on any atom is -0.321 e. The number of carbonyl (C=O) groups is 1. The molecule has 2 aromatic heterocycles. The molecule has 29 heavy (non-hydrogen) atoms. The van der Waals surface area contributed by atoms with Crippen LogP contribution in [0.1, 0.15) is 10.5 Å². The Hall–Kier alpha value is -3.53. The third-order valence-corrected chi connectivity index (χ3v) is 4.88. The quantitative estimate of drug-likeness (QED) is 0.509. The molecule has 0 fully saturated rings. The van der Waals surface area contributed by atoms with E-state index in [1.807, 2.05) is 18.4 Å². The lowest BCUT2D eigenvalue weighted by Crippen LogP contribution is -2.16. The molecule has 0 saturated carbocycles. The van der Waals surface area contributed by atoms with Gasteiger partial charge in [-0.25, -0.2) is 14.1 Å². The standard InChI is InChI=1S/C19H16FN7OS/c1-26-17(23-24-25-26)12-4-3-5-14(10-12)22-18(28)16-11-21-19(29-2)27(16)15-8-6-13(20)7-9-15/h3-11H,1-2H3,(H,22,28). The van der Waals surface area contributed by atoms with Gasteiger partial charge < -0.3 is 5.32 Å². The Morgan fingerprint density at radius 3 is 2.66 bits per heavy atom. The first kappa shape index (κ1) is 18.8. The normalized spacial score (nSPS) is 10.9. The smallest absolute Gasteiger partial charge is 0.274 e. The Morgan fingerprint density at radius 1 is 1.17 bits per heavy atom. The molecule has 0 atom stereocenters. The Balaban J connectivity index is 1.65. The van der Waals surface area contributed by atoms with Crippen molar-refractivity contribution in [1.29, 1.82) is 0 Å². The molecule has 1 N–H and O–H groups in total. The number of hydrogen-bond acceptors (Lipinski definition) is 6. The van der Waals surface area contributed by atoms with E-state index in [1.165, 1.54) is 30.1 Å². The number of tetrazole rings is 1. The first-order chi connectivity index (χ1) is 14.1. The van der Waals surface area contributed by atoms with Gasteiger partial charge in [0.05, 0.1) is 6.20 Å². The molecule has 10 heteroatoms. The van der Waals surface area contributed by atoms with Crippen LogP contribution in [-0.4, -0.2) is 41.9 Å². The van der Waals surface area contributed by atoms with E-state index in [0.717, 1.165) is 5.56 Å². The van der Waals surface area contributed by atoms with Gasteiger partial charge in [-0.05, 0) is 53.1 Å². The van der Waals surface area contributed by atoms with Crippen molar-refractivity contribution in [2.75, 3.05) is 11.6 Å². The molecule has 2 aromatic carbocycles. The van der Waals surface area contributed by atoms with Gasteiger partial charge in [0.1, 0.15) is 11.5 Å². The number of thioether (sulfide) groups is 1. The summed E-state index contributed by atoms with van der Waals surface area (Å²) in [6.45, 7) is 0. The molecule has 8 nitrogen and oxygen atoms in total. The molecule has 0 bridgehead atoms. The highest BCUT2D eigenvalue weighted by Gasteiger charge is 2.18. The van der Waals surface area contributed by atoms with Gasteiger partial charge in [-0.1, -0.05) is 23.9 Å². The number of nitrogens with zero attached hydrogens (tertiary/aromatic N) is 6. The number of aryl methyl sites for hydroxylation is 1. The fourth-order valence-corrected chi connectivity index (χ4v) is 3.43. The van der Waals surface area contributed by atoms with E-state index < -0.39 is 0 Å². The maximum absolute atomic E-state index is 13.3. The van der Waals surface area contributed by atoms with Crippen molar-refractivity contribution in [3.05, 3.63) is 66.2 Å². The highest BCUT2D eigenvalue weighted by atomic mass is 32.2. The van der Waals surface area contributed by atoms with Gasteiger partial charge in [-0.15, -0.1) is 5.10 Å². The number of anilines is 1. The van der Waals surface area contributed by atoms with E-state index in [4.69, 9.17) is 0 Å². The van der Waals surface area contributed by atoms with E-state index in [2.05, 4.69) is 25.8 Å². The Kier molecular flexibility index (Phi) is 5.09. The van der Waals surface area contributed by atoms with Gasteiger partial charge in [0.15, 0.2) is 11.0 Å². The molecule has 0 aliphatic carbocycles. The monoisotopic (exact) mass is 409 g/mol. The van der Waals surface area contributed by atoms with E-state index in [9.17, 15) is 9.18 Å². The third kappa shape index (κ3) is 3.74. The average Bonchev–Trinajstić information content (AvgIpc) is 3.35. The summed E-state index contributed by atoms with van der Waals surface area (Å²) in [7, 11) is 1.74. The number of amides is 1. The lowest BCUT2D eigenvalue weighted by atomic mass is 10.2. The number of carbonyl (C=O) groups excluding carboxylic acids is 1. The van der Waals surface area contributed by atoms with E-state index >= 15 is 0 Å². The Morgan fingerprint density at radius 2 is 1.97 bits per heavy atom. The fraction of sp³-hybridized carbons (Fsp3) is 0.105. The lowest BCUT2D eigenvalue weighted by molar-refractivity contribution is 0.102. The molecule has 4 aromatic rings. The minimum atomic E-state index is -0.347. The predicted molar refractivity (Wildman–Crippen MR) is 107 cm³/mol. The average molecular weight is 409 g/mol. The number of rotatable bonds is 5. The third-order valence-electron chi connectivity index (χ3n) is 4.23. The second kappa shape index (κ2) is 7.84. The molecule has 0 radical (unpaired) electrons. The van der Waals surface area contributed by atoms with Crippen LogP contribution >= 0.6 is 11.8 Å². The van der Waals surface area contributed by atoms with E-state index in [-0.39, 0.29) is 11.7 Å². The largest absolute Gasteiger partial charge is 0.321 e. The first-order valence-corrected chi connectivity index (χ1v) is 9.81. The Labute approximate surface area is 169 Å². The molecule has 0 aliphatic heterocycles. The second-order valence-electron chi connectivity index (χ2n) is 6.10. The summed E-state index contributed by atoms with van der Waals surface area (Å²) in [6, 6.07) is 13.1. The van der Waals surface area contributed by atoms with Crippen molar-refractivity contribution in [2.24, 2.45) is 7.05 Å². The summed E-state index contributed by atoms with van der Waals surface area (Å²) in [5.74, 6) is -0.0989. The zero-order valence-electron chi connectivity index (χ0n) is 15.6. The minimum absolute atomic E-state index is 0.338. The zero-order chi connectivity index (χ0) is 20.4. The van der Waals surface area contributed by atoms with Crippen LogP contribution < -0.4 is 5.32 Å². The maximum Gasteiger partial charge on any atom is 0.274 e. The zero-order valence-corrected chi connectivity index (χ0v) is 16.4. The molecule has 1 amide bonds. The van der Waals surface area contributed by atoms with Crippen LogP contribution in [0.2, 0.25) is 0 Å². The number of benzene rings is 2. The summed E-state index contributed by atoms with van der Waals surface area (Å²) < 4.78 is 16.6. The second-order valence-corrected chi connectivity index (χ2v) is 6.88. The van der Waals surface area contributed by atoms with Gasteiger partial charge in [0.25, 0.3) is 5.91 Å². The lowest BCUT2D eigenvalue weighted by Gasteiger charge is -2.12. The molecule has 0 spiro atoms. The highest BCUT2D eigenvalue weighted by Crippen LogP contribution is 2.24. The Bertz CT molecular complexity index is 1170. The van der Waals surface area contributed by atoms with Gasteiger partial charge >= 0.3 is 0 Å². The van der Waals surface area contributed by atoms with Crippen LogP contribution in [0.3, 0.4) is 0 Å². The highest BCUT2D eigenvalue weighted by molar-refractivity contribution is 7.98. The SMILES string of the molecule is CSc1ncc(C(=O)Nc2cccc(-c3nnnn3C)c2)n1-c1ccc(F)cc1. The molecule has 0 unspecified atom stereocenters. The van der Waals surface area contributed by atoms with Crippen LogP contribution in [0, 0.1) is 5.82 Å². The van der Waals surface area contributed by atoms with Crippen LogP contribution in [0.25, 0.3) is 17.1 Å². The first-order valence-electron chi connectivity index (χ1n) is 8.58. The molecular weight excluding hydrogens is 393 g/mol. The van der Waals surface area contributed by atoms with E-state index in [1.54, 1.807) is 40.6 Å². The summed E-state index contributed by atoms with van der Waals surface area (Å²) in [6.07, 6.45) is 3.36. The molecule has 2 heterocycles. The van der Waals surface area contributed by atoms with Crippen molar-refractivity contribution >= 4 is 23.4 Å². The van der Waals surface area contributed by atoms with E-state index in [0.29, 0.717) is 28.0 Å². The van der Waals surface area contributed by atoms with Crippen molar-refractivity contribution in [1.82, 2.24) is 29.8 Å². The number of imidazole rings is 1. The van der Waals surface area contributed by atoms with Crippen molar-refractivity contribution < 1.29 is 9.18 Å². The summed E-state index contributed by atoms with van der Waals surface area (Å²) in [5, 5.41) is 14.9. The number of halogens is 1. The number of hydrogen-bond donors (Lipinski definition) is 1. The van der Waals surface area contributed by atoms with Gasteiger partial charge in [0, 0.05) is 24.0 Å². The fourth-order valence-electron chi connectivity index (χ4n) is 2.88. The van der Waals surface area contributed by atoms with Crippen LogP contribution in [0.5, 0.6) is 0 Å². The summed E-state index contributed by atoms with van der Waals surface area (Å²) >= 11 is 1.39. The van der Waals surface area contributed by atoms with Crippen molar-refractivity contribution in [3.8, 4) is 17.1 Å². The molecule has 0 saturated heterocycles. The summed E-state index contributed by atoms with van der Waals surface area (Å²) in [4.78, 5) is 17.3.